The van der Waals surface area contributed by atoms with E-state index in [1.54, 1.807) is 18.2 Å². The summed E-state index contributed by atoms with van der Waals surface area (Å²) in [6, 6.07) is 10.8. The smallest absolute Gasteiger partial charge is 0.259 e. The van der Waals surface area contributed by atoms with Crippen molar-refractivity contribution < 1.29 is 13.4 Å². The van der Waals surface area contributed by atoms with Crippen molar-refractivity contribution in [2.24, 2.45) is 0 Å². The number of nitriles is 1. The van der Waals surface area contributed by atoms with Gasteiger partial charge in [0, 0.05) is 22.6 Å². The molecule has 158 valence electrons. The SMILES string of the molecule is CC(C)N(C(C)C)P(OCCC#N)OC1CSSC1(C)C.Fc1ccccc1. The average molecular weight is 447 g/mol. The average Bonchev–Trinajstić information content (AvgIpc) is 2.94. The molecule has 2 atom stereocenters. The summed E-state index contributed by atoms with van der Waals surface area (Å²) in [7, 11) is 2.62. The predicted octanol–water partition coefficient (Wildman–Crippen LogP) is 6.65. The van der Waals surface area contributed by atoms with Gasteiger partial charge in [-0.1, -0.05) is 39.8 Å². The van der Waals surface area contributed by atoms with E-state index in [4.69, 9.17) is 14.3 Å². The summed E-state index contributed by atoms with van der Waals surface area (Å²) in [5.74, 6) is 0.810. The molecule has 0 N–H and O–H groups in total. The monoisotopic (exact) mass is 446 g/mol. The van der Waals surface area contributed by atoms with Crippen LogP contribution >= 0.6 is 30.1 Å². The number of hydrogen-bond donors (Lipinski definition) is 0. The van der Waals surface area contributed by atoms with Gasteiger partial charge in [0.2, 0.25) is 0 Å². The van der Waals surface area contributed by atoms with Crippen molar-refractivity contribution in [1.29, 1.82) is 5.26 Å². The molecule has 0 amide bonds. The molecule has 1 aromatic rings. The third-order valence-corrected chi connectivity index (χ3v) is 9.32. The Morgan fingerprint density at radius 2 is 1.86 bits per heavy atom. The second kappa shape index (κ2) is 13.1. The summed E-state index contributed by atoms with van der Waals surface area (Å²) in [6.07, 6.45) is 0.588. The van der Waals surface area contributed by atoms with Gasteiger partial charge in [-0.05, 0) is 53.7 Å². The van der Waals surface area contributed by atoms with Gasteiger partial charge in [0.25, 0.3) is 8.53 Å². The highest BCUT2D eigenvalue weighted by Crippen LogP contribution is 2.55. The van der Waals surface area contributed by atoms with E-state index in [9.17, 15) is 4.39 Å². The van der Waals surface area contributed by atoms with Crippen LogP contribution in [-0.4, -0.2) is 40.0 Å². The Kier molecular flexibility index (Phi) is 12.0. The molecule has 0 saturated carbocycles. The largest absolute Gasteiger partial charge is 0.321 e. The molecule has 0 aromatic heterocycles. The van der Waals surface area contributed by atoms with Crippen molar-refractivity contribution in [1.82, 2.24) is 4.67 Å². The van der Waals surface area contributed by atoms with Crippen LogP contribution in [0.5, 0.6) is 0 Å². The third-order valence-electron chi connectivity index (χ3n) is 3.88. The van der Waals surface area contributed by atoms with Crippen LogP contribution in [0.1, 0.15) is 48.0 Å². The number of benzene rings is 1. The lowest BCUT2D eigenvalue weighted by Gasteiger charge is -2.38. The third kappa shape index (κ3) is 8.98. The standard InChI is InChI=1S/C14H27N2O2PS2.C6H5F/c1-11(2)16(12(3)4)19(17-9-7-8-15)18-13-10-20-21-14(13,5)6;7-6-4-2-1-3-5-6/h11-13H,7,9-10H2,1-6H3;1-5H. The van der Waals surface area contributed by atoms with Crippen molar-refractivity contribution in [3.05, 3.63) is 36.1 Å². The topological polar surface area (TPSA) is 45.5 Å². The van der Waals surface area contributed by atoms with Crippen molar-refractivity contribution in [2.45, 2.75) is 70.9 Å². The van der Waals surface area contributed by atoms with E-state index in [1.165, 1.54) is 12.1 Å². The fraction of sp³-hybridized carbons (Fsp3) is 0.650. The van der Waals surface area contributed by atoms with Gasteiger partial charge in [-0.2, -0.15) is 5.26 Å². The number of nitrogens with zero attached hydrogens (tertiary/aromatic N) is 2. The molecule has 1 fully saturated rings. The lowest BCUT2D eigenvalue weighted by atomic mass is 10.1. The minimum atomic E-state index is -1.13. The molecule has 2 unspecified atom stereocenters. The van der Waals surface area contributed by atoms with E-state index in [0.29, 0.717) is 25.1 Å². The van der Waals surface area contributed by atoms with Crippen molar-refractivity contribution >= 4 is 30.1 Å². The number of hydrogen-bond acceptors (Lipinski definition) is 6. The summed E-state index contributed by atoms with van der Waals surface area (Å²) in [6.45, 7) is 13.5. The van der Waals surface area contributed by atoms with Crippen LogP contribution in [0.2, 0.25) is 0 Å². The van der Waals surface area contributed by atoms with E-state index >= 15 is 0 Å². The second-order valence-electron chi connectivity index (χ2n) is 7.41. The summed E-state index contributed by atoms with van der Waals surface area (Å²) in [5, 5.41) is 8.72. The van der Waals surface area contributed by atoms with Crippen LogP contribution in [0.3, 0.4) is 0 Å². The molecule has 8 heteroatoms. The van der Waals surface area contributed by atoms with Crippen molar-refractivity contribution in [2.75, 3.05) is 12.4 Å². The zero-order valence-corrected chi connectivity index (χ0v) is 20.1. The van der Waals surface area contributed by atoms with Gasteiger partial charge >= 0.3 is 0 Å². The van der Waals surface area contributed by atoms with Gasteiger partial charge in [0.05, 0.1) is 25.2 Å². The highest BCUT2D eigenvalue weighted by Gasteiger charge is 2.41. The lowest BCUT2D eigenvalue weighted by Crippen LogP contribution is -2.38. The highest BCUT2D eigenvalue weighted by atomic mass is 33.1. The van der Waals surface area contributed by atoms with E-state index in [0.717, 1.165) is 5.75 Å². The highest BCUT2D eigenvalue weighted by molar-refractivity contribution is 8.77. The van der Waals surface area contributed by atoms with Crippen LogP contribution < -0.4 is 0 Å². The molecule has 0 aliphatic carbocycles. The molecule has 1 aromatic carbocycles. The molecule has 2 rings (SSSR count). The molecular formula is C20H32FN2O2PS2. The zero-order valence-electron chi connectivity index (χ0n) is 17.6. The maximum atomic E-state index is 11.9. The van der Waals surface area contributed by atoms with E-state index in [-0.39, 0.29) is 16.7 Å². The van der Waals surface area contributed by atoms with Gasteiger partial charge in [-0.15, -0.1) is 0 Å². The van der Waals surface area contributed by atoms with E-state index < -0.39 is 8.53 Å². The first-order valence-corrected chi connectivity index (χ1v) is 12.9. The summed E-state index contributed by atoms with van der Waals surface area (Å²) in [5.41, 5.74) is 0. The lowest BCUT2D eigenvalue weighted by molar-refractivity contribution is 0.129. The second-order valence-corrected chi connectivity index (χ2v) is 11.8. The molecule has 0 spiro atoms. The first-order valence-electron chi connectivity index (χ1n) is 9.45. The fourth-order valence-corrected chi connectivity index (χ4v) is 7.64. The molecule has 1 aliphatic heterocycles. The van der Waals surface area contributed by atoms with E-state index in [1.807, 2.05) is 21.6 Å². The van der Waals surface area contributed by atoms with Crippen molar-refractivity contribution in [3.63, 3.8) is 0 Å². The summed E-state index contributed by atoms with van der Waals surface area (Å²) < 4.78 is 26.6. The minimum absolute atomic E-state index is 0.101. The Hall–Kier alpha value is -0.350. The van der Waals surface area contributed by atoms with Crippen LogP contribution in [0, 0.1) is 17.1 Å². The van der Waals surface area contributed by atoms with Crippen LogP contribution in [0.15, 0.2) is 30.3 Å². The normalized spacial score (nSPS) is 19.4. The van der Waals surface area contributed by atoms with Crippen LogP contribution in [0.4, 0.5) is 4.39 Å². The molecule has 0 bridgehead atoms. The Balaban J connectivity index is 0.000000467. The molecule has 1 heterocycles. The van der Waals surface area contributed by atoms with Gasteiger partial charge < -0.3 is 9.05 Å². The molecule has 1 saturated heterocycles. The molecular weight excluding hydrogens is 414 g/mol. The maximum Gasteiger partial charge on any atom is 0.259 e. The number of halogens is 1. The van der Waals surface area contributed by atoms with Gasteiger partial charge in [0.1, 0.15) is 5.82 Å². The predicted molar refractivity (Wildman–Crippen MR) is 121 cm³/mol. The first kappa shape index (κ1) is 25.7. The van der Waals surface area contributed by atoms with Gasteiger partial charge in [-0.3, -0.25) is 0 Å². The molecule has 4 nitrogen and oxygen atoms in total. The Labute approximate surface area is 178 Å². The number of rotatable bonds is 8. The Morgan fingerprint density at radius 3 is 2.25 bits per heavy atom. The van der Waals surface area contributed by atoms with Crippen LogP contribution in [0.25, 0.3) is 0 Å². The molecule has 28 heavy (non-hydrogen) atoms. The fourth-order valence-electron chi connectivity index (χ4n) is 2.48. The first-order chi connectivity index (χ1) is 13.2. The minimum Gasteiger partial charge on any atom is -0.321 e. The molecule has 0 radical (unpaired) electrons. The maximum absolute atomic E-state index is 11.9. The quantitative estimate of drug-likeness (QED) is 0.253. The van der Waals surface area contributed by atoms with Crippen molar-refractivity contribution in [3.8, 4) is 6.07 Å². The summed E-state index contributed by atoms with van der Waals surface area (Å²) >= 11 is 0. The van der Waals surface area contributed by atoms with Crippen LogP contribution in [-0.2, 0) is 9.05 Å². The van der Waals surface area contributed by atoms with Gasteiger partial charge in [-0.25, -0.2) is 9.06 Å². The zero-order chi connectivity index (χ0) is 21.2. The van der Waals surface area contributed by atoms with Gasteiger partial charge in [0.15, 0.2) is 0 Å². The Morgan fingerprint density at radius 1 is 1.25 bits per heavy atom. The summed E-state index contributed by atoms with van der Waals surface area (Å²) in [4.78, 5) is 0. The van der Waals surface area contributed by atoms with E-state index in [2.05, 4.69) is 52.3 Å². The molecule has 1 aliphatic rings. The Bertz CT molecular complexity index is 592.